The Hall–Kier alpha value is -1.08. The number of phenolic OH excluding ortho intramolecular Hbond substituents is 2. The highest BCUT2D eigenvalue weighted by atomic mass is 32.2. The minimum atomic E-state index is -4.23. The van der Waals surface area contributed by atoms with E-state index in [2.05, 4.69) is 5.32 Å². The van der Waals surface area contributed by atoms with Gasteiger partial charge in [-0.15, -0.1) is 0 Å². The number of halogens is 3. The maximum atomic E-state index is 11.9. The monoisotopic (exact) mass is 281 g/mol. The van der Waals surface area contributed by atoms with E-state index in [0.717, 1.165) is 0 Å². The van der Waals surface area contributed by atoms with Crippen LogP contribution in [-0.4, -0.2) is 28.0 Å². The van der Waals surface area contributed by atoms with E-state index in [9.17, 15) is 23.4 Å². The number of aromatic hydroxyl groups is 2. The lowest BCUT2D eigenvalue weighted by Gasteiger charge is -2.17. The molecule has 1 unspecified atom stereocenters. The molecule has 102 valence electrons. The number of nitrogens with one attached hydrogen (secondary N) is 1. The van der Waals surface area contributed by atoms with Crippen LogP contribution in [0.1, 0.15) is 18.5 Å². The largest absolute Gasteiger partial charge is 0.507 e. The van der Waals surface area contributed by atoms with Crippen molar-refractivity contribution in [3.63, 3.8) is 0 Å². The standard InChI is InChI=1S/C11H14F3NO2S/c1-7(15-5-6-18-11(12,13)14)10-8(16)3-2-4-9(10)17/h2-4,7,15-17H,5-6H2,1H3. The molecule has 0 aliphatic rings. The molecule has 0 aliphatic heterocycles. The third-order valence-corrected chi connectivity index (χ3v) is 3.05. The van der Waals surface area contributed by atoms with Gasteiger partial charge in [0.25, 0.3) is 0 Å². The fraction of sp³-hybridized carbons (Fsp3) is 0.455. The van der Waals surface area contributed by atoms with Crippen LogP contribution in [0.2, 0.25) is 0 Å². The lowest BCUT2D eigenvalue weighted by molar-refractivity contribution is -0.0327. The maximum Gasteiger partial charge on any atom is 0.441 e. The van der Waals surface area contributed by atoms with Gasteiger partial charge in [-0.2, -0.15) is 13.2 Å². The van der Waals surface area contributed by atoms with E-state index in [1.54, 1.807) is 6.92 Å². The van der Waals surface area contributed by atoms with Crippen LogP contribution in [0.25, 0.3) is 0 Å². The number of hydrogen-bond acceptors (Lipinski definition) is 4. The molecule has 3 nitrogen and oxygen atoms in total. The normalized spacial score (nSPS) is 13.6. The summed E-state index contributed by atoms with van der Waals surface area (Å²) in [6.45, 7) is 1.78. The first kappa shape index (κ1) is 15.0. The molecular weight excluding hydrogens is 267 g/mol. The SMILES string of the molecule is CC(NCCSC(F)(F)F)c1c(O)cccc1O. The highest BCUT2D eigenvalue weighted by molar-refractivity contribution is 8.00. The smallest absolute Gasteiger partial charge is 0.441 e. The van der Waals surface area contributed by atoms with Gasteiger partial charge in [0.05, 0.1) is 5.56 Å². The Morgan fingerprint density at radius 2 is 1.83 bits per heavy atom. The Kier molecular flexibility index (Phi) is 5.15. The zero-order chi connectivity index (χ0) is 13.8. The lowest BCUT2D eigenvalue weighted by atomic mass is 10.1. The van der Waals surface area contributed by atoms with Gasteiger partial charge in [-0.05, 0) is 30.8 Å². The van der Waals surface area contributed by atoms with Crippen molar-refractivity contribution in [2.24, 2.45) is 0 Å². The number of phenols is 2. The van der Waals surface area contributed by atoms with Gasteiger partial charge in [-0.25, -0.2) is 0 Å². The molecule has 0 saturated heterocycles. The number of hydrogen-bond donors (Lipinski definition) is 3. The van der Waals surface area contributed by atoms with Gasteiger partial charge in [-0.3, -0.25) is 0 Å². The van der Waals surface area contributed by atoms with Crippen molar-refractivity contribution in [2.75, 3.05) is 12.3 Å². The van der Waals surface area contributed by atoms with E-state index >= 15 is 0 Å². The van der Waals surface area contributed by atoms with E-state index in [1.165, 1.54) is 18.2 Å². The van der Waals surface area contributed by atoms with Gasteiger partial charge in [-0.1, -0.05) is 6.07 Å². The summed E-state index contributed by atoms with van der Waals surface area (Å²) in [6.07, 6.45) is 0. The molecule has 1 aromatic carbocycles. The van der Waals surface area contributed by atoms with Crippen molar-refractivity contribution in [1.82, 2.24) is 5.32 Å². The molecule has 0 heterocycles. The Balaban J connectivity index is 2.48. The van der Waals surface area contributed by atoms with Crippen molar-refractivity contribution in [3.05, 3.63) is 23.8 Å². The summed E-state index contributed by atoms with van der Waals surface area (Å²) in [5, 5.41) is 21.9. The summed E-state index contributed by atoms with van der Waals surface area (Å²) in [7, 11) is 0. The first-order valence-corrected chi connectivity index (χ1v) is 6.24. The minimum absolute atomic E-state index is 0.0847. The van der Waals surface area contributed by atoms with Crippen molar-refractivity contribution in [2.45, 2.75) is 18.5 Å². The zero-order valence-electron chi connectivity index (χ0n) is 9.66. The van der Waals surface area contributed by atoms with Crippen LogP contribution in [0.15, 0.2) is 18.2 Å². The molecular formula is C11H14F3NO2S. The third-order valence-electron chi connectivity index (χ3n) is 2.31. The number of thioether (sulfide) groups is 1. The summed E-state index contributed by atoms with van der Waals surface area (Å²) in [4.78, 5) is 0. The van der Waals surface area contributed by atoms with Crippen LogP contribution < -0.4 is 5.32 Å². The first-order chi connectivity index (χ1) is 8.31. The van der Waals surface area contributed by atoms with Crippen molar-refractivity contribution in [1.29, 1.82) is 0 Å². The molecule has 1 rings (SSSR count). The molecule has 0 aliphatic carbocycles. The van der Waals surface area contributed by atoms with Gasteiger partial charge in [0, 0.05) is 18.3 Å². The number of benzene rings is 1. The van der Waals surface area contributed by atoms with Gasteiger partial charge in [0.1, 0.15) is 11.5 Å². The topological polar surface area (TPSA) is 52.5 Å². The predicted molar refractivity (Wildman–Crippen MR) is 64.7 cm³/mol. The van der Waals surface area contributed by atoms with Crippen LogP contribution in [0.4, 0.5) is 13.2 Å². The zero-order valence-corrected chi connectivity index (χ0v) is 10.5. The van der Waals surface area contributed by atoms with Crippen molar-refractivity contribution < 1.29 is 23.4 Å². The van der Waals surface area contributed by atoms with Crippen LogP contribution in [0, 0.1) is 0 Å². The third kappa shape index (κ3) is 4.66. The van der Waals surface area contributed by atoms with Gasteiger partial charge in [0.15, 0.2) is 0 Å². The van der Waals surface area contributed by atoms with Gasteiger partial charge >= 0.3 is 5.51 Å². The molecule has 0 amide bonds. The maximum absolute atomic E-state index is 11.9. The second-order valence-electron chi connectivity index (χ2n) is 3.68. The van der Waals surface area contributed by atoms with Gasteiger partial charge in [0.2, 0.25) is 0 Å². The van der Waals surface area contributed by atoms with Gasteiger partial charge < -0.3 is 15.5 Å². The molecule has 0 saturated carbocycles. The Morgan fingerprint density at radius 1 is 1.28 bits per heavy atom. The van der Waals surface area contributed by atoms with E-state index in [1.807, 2.05) is 0 Å². The summed E-state index contributed by atoms with van der Waals surface area (Å²) in [5.74, 6) is -0.292. The van der Waals surface area contributed by atoms with E-state index in [4.69, 9.17) is 0 Å². The van der Waals surface area contributed by atoms with Crippen LogP contribution in [-0.2, 0) is 0 Å². The Labute approximate surface area is 107 Å². The van der Waals surface area contributed by atoms with E-state index < -0.39 is 11.6 Å². The van der Waals surface area contributed by atoms with Crippen LogP contribution >= 0.6 is 11.8 Å². The highest BCUT2D eigenvalue weighted by Gasteiger charge is 2.27. The molecule has 18 heavy (non-hydrogen) atoms. The quantitative estimate of drug-likeness (QED) is 0.726. The van der Waals surface area contributed by atoms with Crippen molar-refractivity contribution >= 4 is 11.8 Å². The molecule has 0 spiro atoms. The fourth-order valence-corrected chi connectivity index (χ4v) is 1.98. The predicted octanol–water partition coefficient (Wildman–Crippen LogP) is 3.00. The molecule has 0 radical (unpaired) electrons. The molecule has 1 atom stereocenters. The average Bonchev–Trinajstić information content (AvgIpc) is 2.23. The summed E-state index contributed by atoms with van der Waals surface area (Å²) in [5.41, 5.74) is -3.95. The molecule has 0 aromatic heterocycles. The first-order valence-electron chi connectivity index (χ1n) is 5.26. The minimum Gasteiger partial charge on any atom is -0.507 e. The molecule has 1 aromatic rings. The summed E-state index contributed by atoms with van der Waals surface area (Å²) >= 11 is -0.108. The lowest BCUT2D eigenvalue weighted by Crippen LogP contribution is -2.22. The summed E-state index contributed by atoms with van der Waals surface area (Å²) in [6, 6.07) is 3.88. The number of alkyl halides is 3. The molecule has 0 fully saturated rings. The molecule has 3 N–H and O–H groups in total. The molecule has 0 bridgehead atoms. The highest BCUT2D eigenvalue weighted by Crippen LogP contribution is 2.32. The second kappa shape index (κ2) is 6.19. The van der Waals surface area contributed by atoms with Crippen LogP contribution in [0.3, 0.4) is 0 Å². The van der Waals surface area contributed by atoms with E-state index in [0.29, 0.717) is 0 Å². The van der Waals surface area contributed by atoms with Crippen molar-refractivity contribution in [3.8, 4) is 11.5 Å². The average molecular weight is 281 g/mol. The Morgan fingerprint density at radius 3 is 2.33 bits per heavy atom. The fourth-order valence-electron chi connectivity index (χ4n) is 1.53. The number of rotatable bonds is 5. The summed E-state index contributed by atoms with van der Waals surface area (Å²) < 4.78 is 35.7. The second-order valence-corrected chi connectivity index (χ2v) is 4.84. The Bertz CT molecular complexity index is 378. The van der Waals surface area contributed by atoms with E-state index in [-0.39, 0.29) is 41.1 Å². The molecule has 7 heteroatoms. The van der Waals surface area contributed by atoms with Crippen LogP contribution in [0.5, 0.6) is 11.5 Å².